The van der Waals surface area contributed by atoms with Gasteiger partial charge in [-0.1, -0.05) is 0 Å². The molecule has 7 nitrogen and oxygen atoms in total. The number of rotatable bonds is 7. The van der Waals surface area contributed by atoms with Crippen molar-refractivity contribution in [1.29, 1.82) is 0 Å². The van der Waals surface area contributed by atoms with E-state index in [-0.39, 0.29) is 18.8 Å². The van der Waals surface area contributed by atoms with Gasteiger partial charge in [0, 0.05) is 16.0 Å². The second kappa shape index (κ2) is 8.30. The maximum Gasteiger partial charge on any atom is 0.410 e. The summed E-state index contributed by atoms with van der Waals surface area (Å²) in [6.45, 7) is 8.09. The Balaban J connectivity index is 2.86. The van der Waals surface area contributed by atoms with Crippen LogP contribution in [0.4, 0.5) is 4.79 Å². The summed E-state index contributed by atoms with van der Waals surface area (Å²) in [5, 5.41) is 0. The zero-order valence-electron chi connectivity index (χ0n) is 15.2. The van der Waals surface area contributed by atoms with Gasteiger partial charge in [0.25, 0.3) is 10.1 Å². The minimum Gasteiger partial charge on any atom is -0.444 e. The molecule has 142 valence electrons. The van der Waals surface area contributed by atoms with Gasteiger partial charge in [-0.05, 0) is 53.4 Å². The van der Waals surface area contributed by atoms with Crippen LogP contribution < -0.4 is 0 Å². The predicted molar refractivity (Wildman–Crippen MR) is 95.2 cm³/mol. The summed E-state index contributed by atoms with van der Waals surface area (Å²) in [5.74, 6) is 0. The van der Waals surface area contributed by atoms with Crippen LogP contribution in [0.3, 0.4) is 0 Å². The maximum absolute atomic E-state index is 12.6. The van der Waals surface area contributed by atoms with E-state index in [1.54, 1.807) is 4.90 Å². The van der Waals surface area contributed by atoms with Crippen molar-refractivity contribution < 1.29 is 26.7 Å². The molecule has 3 atom stereocenters. The van der Waals surface area contributed by atoms with Crippen LogP contribution in [-0.2, 0) is 23.6 Å². The topological polar surface area (TPSA) is 82.1 Å². The highest BCUT2D eigenvalue weighted by Crippen LogP contribution is 2.39. The fraction of sp³-hybridized carbons (Fsp3) is 0.933. The Labute approximate surface area is 147 Å². The van der Waals surface area contributed by atoms with Gasteiger partial charge in [-0.2, -0.15) is 8.42 Å². The number of hydrogen-bond donors (Lipinski definition) is 0. The van der Waals surface area contributed by atoms with E-state index in [1.807, 2.05) is 27.7 Å². The second-order valence-corrected chi connectivity index (χ2v) is 9.16. The number of amides is 1. The molecule has 1 aliphatic heterocycles. The van der Waals surface area contributed by atoms with Crippen LogP contribution in [0, 0.1) is 0 Å². The monoisotopic (exact) mass is 383 g/mol. The molecule has 0 aromatic rings. The second-order valence-electron chi connectivity index (χ2n) is 7.25. The highest BCUT2D eigenvalue weighted by atomic mass is 32.2. The first-order chi connectivity index (χ1) is 10.9. The van der Waals surface area contributed by atoms with E-state index in [9.17, 15) is 13.2 Å². The van der Waals surface area contributed by atoms with Crippen LogP contribution in [0.25, 0.3) is 0 Å². The summed E-state index contributed by atoms with van der Waals surface area (Å²) in [4.78, 5) is 14.3. The molecule has 1 rings (SSSR count). The summed E-state index contributed by atoms with van der Waals surface area (Å²) in [6, 6.07) is 0. The fourth-order valence-electron chi connectivity index (χ4n) is 3.09. The Kier molecular flexibility index (Phi) is 7.47. The van der Waals surface area contributed by atoms with Crippen molar-refractivity contribution in [3.63, 3.8) is 0 Å². The minimum atomic E-state index is -3.46. The van der Waals surface area contributed by atoms with Gasteiger partial charge < -0.3 is 9.26 Å². The minimum absolute atomic E-state index is 0.0896. The number of carbonyl (C=O) groups excluding carboxylic acids is 1. The molecule has 0 N–H and O–H groups in total. The fourth-order valence-corrected chi connectivity index (χ4v) is 3.77. The third-order valence-corrected chi connectivity index (χ3v) is 5.16. The number of carbonyl (C=O) groups is 1. The Morgan fingerprint density at radius 1 is 1.38 bits per heavy atom. The SMILES string of the molecule is CC(OP)C1(CCCOS(C)(=O)=O)CCCN1C(=O)OC(C)(C)C. The zero-order chi connectivity index (χ0) is 18.6. The summed E-state index contributed by atoms with van der Waals surface area (Å²) < 4.78 is 38.0. The van der Waals surface area contributed by atoms with Crippen molar-refractivity contribution in [1.82, 2.24) is 4.90 Å². The number of nitrogens with zero attached hydrogens (tertiary/aromatic N) is 1. The molecular formula is C15H30NO6PS. The van der Waals surface area contributed by atoms with E-state index >= 15 is 0 Å². The largest absolute Gasteiger partial charge is 0.444 e. The van der Waals surface area contributed by atoms with Gasteiger partial charge in [-0.3, -0.25) is 9.08 Å². The first-order valence-electron chi connectivity index (χ1n) is 8.12. The lowest BCUT2D eigenvalue weighted by molar-refractivity contribution is -0.0212. The Morgan fingerprint density at radius 3 is 2.50 bits per heavy atom. The van der Waals surface area contributed by atoms with Crippen LogP contribution >= 0.6 is 9.47 Å². The number of hydrogen-bond acceptors (Lipinski definition) is 6. The third kappa shape index (κ3) is 6.14. The molecule has 0 aromatic carbocycles. The molecule has 1 heterocycles. The molecule has 1 aliphatic rings. The average Bonchev–Trinajstić information content (AvgIpc) is 2.85. The Hall–Kier alpha value is -0.430. The first-order valence-corrected chi connectivity index (χ1v) is 10.4. The average molecular weight is 383 g/mol. The maximum atomic E-state index is 12.6. The van der Waals surface area contributed by atoms with Gasteiger partial charge in [0.15, 0.2) is 0 Å². The van der Waals surface area contributed by atoms with Gasteiger partial charge in [0.1, 0.15) is 5.60 Å². The molecule has 24 heavy (non-hydrogen) atoms. The molecular weight excluding hydrogens is 353 g/mol. The quantitative estimate of drug-likeness (QED) is 0.382. The van der Waals surface area contributed by atoms with Crippen molar-refractivity contribution in [3.05, 3.63) is 0 Å². The molecule has 0 aliphatic carbocycles. The lowest BCUT2D eigenvalue weighted by Gasteiger charge is -2.42. The van der Waals surface area contributed by atoms with Gasteiger partial charge in [-0.25, -0.2) is 4.79 Å². The highest BCUT2D eigenvalue weighted by molar-refractivity contribution is 7.85. The van der Waals surface area contributed by atoms with E-state index in [4.69, 9.17) is 13.4 Å². The predicted octanol–water partition coefficient (Wildman–Crippen LogP) is 2.71. The standard InChI is InChI=1S/C15H30NO6PS/c1-12(22-23)15(9-7-11-20-24(5,18)19)8-6-10-16(15)13(17)21-14(2,3)4/h12H,6-11,23H2,1-5H3. The summed E-state index contributed by atoms with van der Waals surface area (Å²) in [6.07, 6.45) is 3.15. The molecule has 1 amide bonds. The van der Waals surface area contributed by atoms with Crippen LogP contribution in [0.1, 0.15) is 53.4 Å². The Bertz CT molecular complexity index is 533. The Morgan fingerprint density at radius 2 is 2.00 bits per heavy atom. The van der Waals surface area contributed by atoms with E-state index in [2.05, 4.69) is 9.47 Å². The van der Waals surface area contributed by atoms with Crippen molar-refractivity contribution in [3.8, 4) is 0 Å². The number of ether oxygens (including phenoxy) is 1. The highest BCUT2D eigenvalue weighted by Gasteiger charge is 2.48. The van der Waals surface area contributed by atoms with Gasteiger partial charge in [-0.15, -0.1) is 0 Å². The molecule has 0 spiro atoms. The van der Waals surface area contributed by atoms with E-state index in [0.717, 1.165) is 19.1 Å². The van der Waals surface area contributed by atoms with Crippen molar-refractivity contribution in [2.75, 3.05) is 19.4 Å². The van der Waals surface area contributed by atoms with E-state index in [1.165, 1.54) is 0 Å². The van der Waals surface area contributed by atoms with Crippen LogP contribution in [0.15, 0.2) is 0 Å². The summed E-state index contributed by atoms with van der Waals surface area (Å²) >= 11 is 0. The summed E-state index contributed by atoms with van der Waals surface area (Å²) in [7, 11) is -1.21. The third-order valence-electron chi connectivity index (χ3n) is 4.16. The van der Waals surface area contributed by atoms with Gasteiger partial charge in [0.2, 0.25) is 0 Å². The van der Waals surface area contributed by atoms with Crippen molar-refractivity contribution in [2.24, 2.45) is 0 Å². The lowest BCUT2D eigenvalue weighted by Crippen LogP contribution is -2.55. The molecule has 0 aromatic heterocycles. The smallest absolute Gasteiger partial charge is 0.410 e. The normalized spacial score (nSPS) is 23.3. The zero-order valence-corrected chi connectivity index (χ0v) is 17.2. The van der Waals surface area contributed by atoms with Crippen LogP contribution in [0.5, 0.6) is 0 Å². The number of likely N-dealkylation sites (tertiary alicyclic amines) is 1. The van der Waals surface area contributed by atoms with Gasteiger partial charge in [0.05, 0.1) is 24.5 Å². The van der Waals surface area contributed by atoms with E-state index in [0.29, 0.717) is 19.4 Å². The molecule has 1 fully saturated rings. The van der Waals surface area contributed by atoms with Gasteiger partial charge >= 0.3 is 6.09 Å². The lowest BCUT2D eigenvalue weighted by atomic mass is 9.85. The van der Waals surface area contributed by atoms with Crippen LogP contribution in [0.2, 0.25) is 0 Å². The van der Waals surface area contributed by atoms with Crippen LogP contribution in [-0.4, -0.2) is 56.1 Å². The molecule has 1 saturated heterocycles. The summed E-state index contributed by atoms with van der Waals surface area (Å²) in [5.41, 5.74) is -1.10. The molecule has 0 bridgehead atoms. The van der Waals surface area contributed by atoms with E-state index < -0.39 is 21.3 Å². The first kappa shape index (κ1) is 21.6. The molecule has 0 radical (unpaired) electrons. The van der Waals surface area contributed by atoms with Crippen molar-refractivity contribution in [2.45, 2.75) is 70.6 Å². The van der Waals surface area contributed by atoms with Crippen molar-refractivity contribution >= 4 is 25.7 Å². The molecule has 9 heteroatoms. The molecule has 3 unspecified atom stereocenters. The molecule has 0 saturated carbocycles.